The molecule has 2 heterocycles. The molecule has 0 spiro atoms. The monoisotopic (exact) mass is 383 g/mol. The van der Waals surface area contributed by atoms with E-state index in [1.54, 1.807) is 0 Å². The van der Waals surface area contributed by atoms with Gasteiger partial charge in [0.05, 0.1) is 13.2 Å². The van der Waals surface area contributed by atoms with Crippen LogP contribution in [0.2, 0.25) is 0 Å². The fourth-order valence-corrected chi connectivity index (χ4v) is 2.97. The molecule has 4 unspecified atom stereocenters. The molecule has 12 heteroatoms. The first-order valence-corrected chi connectivity index (χ1v) is 8.06. The summed E-state index contributed by atoms with van der Waals surface area (Å²) in [5.74, 6) is -0.574. The van der Waals surface area contributed by atoms with Gasteiger partial charge in [-0.05, 0) is 0 Å². The Morgan fingerprint density at radius 3 is 2.04 bits per heavy atom. The quantitative estimate of drug-likeness (QED) is 0.226. The van der Waals surface area contributed by atoms with Crippen molar-refractivity contribution >= 4 is 5.91 Å². The van der Waals surface area contributed by atoms with Crippen LogP contribution in [0.3, 0.4) is 0 Å². The van der Waals surface area contributed by atoms with Gasteiger partial charge in [-0.1, -0.05) is 0 Å². The van der Waals surface area contributed by atoms with E-state index in [9.17, 15) is 40.5 Å². The van der Waals surface area contributed by atoms with E-state index in [0.29, 0.717) is 0 Å². The summed E-state index contributed by atoms with van der Waals surface area (Å²) in [6, 6.07) is -1.28. The molecule has 2 aliphatic heterocycles. The van der Waals surface area contributed by atoms with Crippen molar-refractivity contribution in [1.82, 2.24) is 5.32 Å². The van der Waals surface area contributed by atoms with E-state index in [1.165, 1.54) is 0 Å². The van der Waals surface area contributed by atoms with Crippen molar-refractivity contribution < 1.29 is 54.8 Å². The Labute approximate surface area is 148 Å². The maximum Gasteiger partial charge on any atom is 0.217 e. The van der Waals surface area contributed by atoms with Gasteiger partial charge in [0.25, 0.3) is 0 Å². The van der Waals surface area contributed by atoms with E-state index in [2.05, 4.69) is 5.32 Å². The summed E-state index contributed by atoms with van der Waals surface area (Å²) in [6.45, 7) is -0.195. The van der Waals surface area contributed by atoms with Gasteiger partial charge in [-0.3, -0.25) is 4.79 Å². The van der Waals surface area contributed by atoms with Crippen LogP contribution in [0, 0.1) is 0 Å². The number of rotatable bonds is 5. The van der Waals surface area contributed by atoms with Crippen LogP contribution in [-0.2, 0) is 19.0 Å². The zero-order chi connectivity index (χ0) is 19.6. The zero-order valence-corrected chi connectivity index (χ0v) is 14.0. The molecule has 0 aromatic carbocycles. The highest BCUT2D eigenvalue weighted by Gasteiger charge is 2.50. The van der Waals surface area contributed by atoms with Crippen LogP contribution in [0.15, 0.2) is 0 Å². The van der Waals surface area contributed by atoms with Crippen molar-refractivity contribution in [3.63, 3.8) is 0 Å². The molecule has 1 amide bonds. The molecule has 12 nitrogen and oxygen atoms in total. The SMILES string of the molecule is CC(=O)N[C@H]1C(O[C@@H]2OC(CO)[C@H](O)C(O)[C@@H]2O)[C@@H](O)C(CO)O[C@@H]1O. The predicted octanol–water partition coefficient (Wildman–Crippen LogP) is -5.25. The fraction of sp³-hybridized carbons (Fsp3) is 0.929. The van der Waals surface area contributed by atoms with Crippen molar-refractivity contribution in [3.05, 3.63) is 0 Å². The molecular formula is C14H25NO11. The molecule has 0 bridgehead atoms. The second-order valence-corrected chi connectivity index (χ2v) is 6.26. The first-order chi connectivity index (χ1) is 12.2. The number of carbonyl (C=O) groups is 1. The van der Waals surface area contributed by atoms with Crippen LogP contribution >= 0.6 is 0 Å². The van der Waals surface area contributed by atoms with Crippen molar-refractivity contribution in [2.75, 3.05) is 13.2 Å². The van der Waals surface area contributed by atoms with Gasteiger partial charge >= 0.3 is 0 Å². The largest absolute Gasteiger partial charge is 0.394 e. The molecule has 0 aromatic heterocycles. The number of carbonyl (C=O) groups excluding carboxylic acids is 1. The first kappa shape index (κ1) is 21.4. The van der Waals surface area contributed by atoms with Gasteiger partial charge in [-0.2, -0.15) is 0 Å². The van der Waals surface area contributed by atoms with E-state index in [4.69, 9.17) is 14.2 Å². The minimum Gasteiger partial charge on any atom is -0.394 e. The summed E-state index contributed by atoms with van der Waals surface area (Å²) < 4.78 is 15.7. The van der Waals surface area contributed by atoms with Gasteiger partial charge in [-0.15, -0.1) is 0 Å². The summed E-state index contributed by atoms with van der Waals surface area (Å²) in [7, 11) is 0. The van der Waals surface area contributed by atoms with E-state index >= 15 is 0 Å². The summed E-state index contributed by atoms with van der Waals surface area (Å²) in [4.78, 5) is 11.4. The third-order valence-electron chi connectivity index (χ3n) is 4.38. The van der Waals surface area contributed by atoms with Gasteiger partial charge in [0.15, 0.2) is 12.6 Å². The minimum atomic E-state index is -1.74. The van der Waals surface area contributed by atoms with Crippen molar-refractivity contribution in [1.29, 1.82) is 0 Å². The number of hydrogen-bond acceptors (Lipinski definition) is 11. The molecule has 8 N–H and O–H groups in total. The lowest BCUT2D eigenvalue weighted by Gasteiger charge is -2.46. The van der Waals surface area contributed by atoms with Gasteiger partial charge in [-0.25, -0.2) is 0 Å². The number of nitrogens with one attached hydrogen (secondary N) is 1. The Morgan fingerprint density at radius 2 is 1.50 bits per heavy atom. The van der Waals surface area contributed by atoms with Crippen molar-refractivity contribution in [2.24, 2.45) is 0 Å². The van der Waals surface area contributed by atoms with E-state index in [-0.39, 0.29) is 0 Å². The van der Waals surface area contributed by atoms with Gasteiger partial charge in [0.2, 0.25) is 5.91 Å². The van der Waals surface area contributed by atoms with Gasteiger partial charge < -0.3 is 55.3 Å². The fourth-order valence-electron chi connectivity index (χ4n) is 2.97. The van der Waals surface area contributed by atoms with Crippen molar-refractivity contribution in [2.45, 2.75) is 68.3 Å². The molecule has 2 aliphatic rings. The van der Waals surface area contributed by atoms with Crippen LogP contribution in [-0.4, -0.2) is 116 Å². The zero-order valence-electron chi connectivity index (χ0n) is 14.0. The minimum absolute atomic E-state index is 0.574. The molecule has 10 atom stereocenters. The number of ether oxygens (including phenoxy) is 3. The molecule has 0 aromatic rings. The molecule has 152 valence electrons. The third-order valence-corrected chi connectivity index (χ3v) is 4.38. The lowest BCUT2D eigenvalue weighted by molar-refractivity contribution is -0.341. The van der Waals surface area contributed by atoms with Crippen LogP contribution in [0.5, 0.6) is 0 Å². The maximum atomic E-state index is 11.4. The molecule has 2 fully saturated rings. The Kier molecular flexibility index (Phi) is 7.27. The highest BCUT2D eigenvalue weighted by atomic mass is 16.7. The molecule has 2 rings (SSSR count). The Hall–Kier alpha value is -0.930. The number of amides is 1. The van der Waals surface area contributed by atoms with Gasteiger partial charge in [0.1, 0.15) is 48.8 Å². The normalized spacial score (nSPS) is 46.8. The molecule has 2 saturated heterocycles. The second-order valence-electron chi connectivity index (χ2n) is 6.26. The predicted molar refractivity (Wildman–Crippen MR) is 80.2 cm³/mol. The topological polar surface area (TPSA) is 198 Å². The second kappa shape index (κ2) is 8.84. The summed E-state index contributed by atoms with van der Waals surface area (Å²) in [5, 5.41) is 70.7. The van der Waals surface area contributed by atoms with Crippen LogP contribution < -0.4 is 5.32 Å². The average molecular weight is 383 g/mol. The highest BCUT2D eigenvalue weighted by molar-refractivity contribution is 5.73. The van der Waals surface area contributed by atoms with Crippen LogP contribution in [0.4, 0.5) is 0 Å². The lowest BCUT2D eigenvalue weighted by Crippen LogP contribution is -2.67. The average Bonchev–Trinajstić information content (AvgIpc) is 2.60. The third kappa shape index (κ3) is 4.31. The smallest absolute Gasteiger partial charge is 0.217 e. The van der Waals surface area contributed by atoms with Crippen LogP contribution in [0.1, 0.15) is 6.92 Å². The standard InChI is InChI=1S/C14H25NO11/c1-4(18)15-7-12(9(20)6(3-17)24-13(7)23)26-14-11(22)10(21)8(19)5(2-16)25-14/h5-14,16-17,19-23H,2-3H2,1H3,(H,15,18)/t5?,6?,7-,8-,9-,10?,11-,12?,13-,14-/m0/s1. The lowest BCUT2D eigenvalue weighted by atomic mass is 9.95. The maximum absolute atomic E-state index is 11.4. The first-order valence-electron chi connectivity index (χ1n) is 8.06. The Morgan fingerprint density at radius 1 is 0.923 bits per heavy atom. The van der Waals surface area contributed by atoms with Crippen LogP contribution in [0.25, 0.3) is 0 Å². The van der Waals surface area contributed by atoms with E-state index in [0.717, 1.165) is 6.92 Å². The molecule has 0 aliphatic carbocycles. The summed E-state index contributed by atoms with van der Waals surface area (Å²) >= 11 is 0. The highest BCUT2D eigenvalue weighted by Crippen LogP contribution is 2.28. The molecule has 26 heavy (non-hydrogen) atoms. The van der Waals surface area contributed by atoms with Crippen molar-refractivity contribution in [3.8, 4) is 0 Å². The molecule has 0 saturated carbocycles. The van der Waals surface area contributed by atoms with E-state index in [1.807, 2.05) is 0 Å². The number of aliphatic hydroxyl groups excluding tert-OH is 7. The Bertz CT molecular complexity index is 478. The number of hydrogen-bond donors (Lipinski definition) is 8. The number of aliphatic hydroxyl groups is 7. The molecule has 0 radical (unpaired) electrons. The molecular weight excluding hydrogens is 358 g/mol. The summed E-state index contributed by atoms with van der Waals surface area (Å²) in [5.41, 5.74) is 0. The Balaban J connectivity index is 2.21. The van der Waals surface area contributed by atoms with Gasteiger partial charge in [0, 0.05) is 6.92 Å². The van der Waals surface area contributed by atoms with E-state index < -0.39 is 80.5 Å². The summed E-state index contributed by atoms with van der Waals surface area (Å²) in [6.07, 6.45) is -13.7.